The van der Waals surface area contributed by atoms with Crippen LogP contribution in [0.4, 0.5) is 0 Å². The topological polar surface area (TPSA) is 38.8 Å². The number of methoxy groups -OCH3 is 1. The molecule has 0 bridgehead atoms. The van der Waals surface area contributed by atoms with Gasteiger partial charge >= 0.3 is 0 Å². The molecule has 1 fully saturated rings. The summed E-state index contributed by atoms with van der Waals surface area (Å²) < 4.78 is 11.5. The van der Waals surface area contributed by atoms with Gasteiger partial charge in [0.05, 0.1) is 22.7 Å². The zero-order chi connectivity index (χ0) is 24.2. The van der Waals surface area contributed by atoms with Gasteiger partial charge in [-0.1, -0.05) is 67.4 Å². The normalized spacial score (nSPS) is 14.4. The van der Waals surface area contributed by atoms with Crippen LogP contribution in [-0.2, 0) is 0 Å². The predicted octanol–water partition coefficient (Wildman–Crippen LogP) is 7.94. The molecule has 3 aromatic carbocycles. The molecule has 6 heteroatoms. The smallest absolute Gasteiger partial charge is 0.255 e. The fraction of sp³-hybridized carbons (Fsp3) is 0.321. The predicted molar refractivity (Wildman–Crippen MR) is 138 cm³/mol. The maximum absolute atomic E-state index is 13.3. The number of ether oxygens (including phenoxy) is 2. The highest BCUT2D eigenvalue weighted by Crippen LogP contribution is 2.41. The molecule has 0 spiro atoms. The Kier molecular flexibility index (Phi) is 7.70. The first kappa shape index (κ1) is 24.4. The molecule has 1 amide bonds. The van der Waals surface area contributed by atoms with E-state index in [9.17, 15) is 4.79 Å². The Hall–Kier alpha value is -2.69. The summed E-state index contributed by atoms with van der Waals surface area (Å²) in [5.74, 6) is 2.28. The molecule has 4 nitrogen and oxygen atoms in total. The van der Waals surface area contributed by atoms with E-state index in [1.54, 1.807) is 25.3 Å². The fourth-order valence-electron chi connectivity index (χ4n) is 4.45. The van der Waals surface area contributed by atoms with Gasteiger partial charge in [0.25, 0.3) is 5.91 Å². The van der Waals surface area contributed by atoms with Crippen LogP contribution in [0.1, 0.15) is 60.0 Å². The molecule has 0 atom stereocenters. The summed E-state index contributed by atoms with van der Waals surface area (Å²) in [6.07, 6.45) is 1.85. The molecular weight excluding hydrogens is 469 g/mol. The lowest BCUT2D eigenvalue weighted by atomic mass is 9.89. The number of carbonyl (C=O) groups is 1. The van der Waals surface area contributed by atoms with Gasteiger partial charge in [0.15, 0.2) is 5.75 Å². The molecule has 0 N–H and O–H groups in total. The van der Waals surface area contributed by atoms with Crippen LogP contribution in [0.2, 0.25) is 10.0 Å². The van der Waals surface area contributed by atoms with Crippen LogP contribution in [0.25, 0.3) is 0 Å². The number of carbonyl (C=O) groups excluding carboxylic acids is 1. The van der Waals surface area contributed by atoms with E-state index in [-0.39, 0.29) is 22.6 Å². The minimum Gasteiger partial charge on any atom is -0.496 e. The quantitative estimate of drug-likeness (QED) is 0.346. The number of amides is 1. The van der Waals surface area contributed by atoms with Gasteiger partial charge in [-0.15, -0.1) is 0 Å². The van der Waals surface area contributed by atoms with Crippen molar-refractivity contribution in [2.45, 2.75) is 38.5 Å². The lowest BCUT2D eigenvalue weighted by molar-refractivity contribution is 0.0713. The fourth-order valence-corrected chi connectivity index (χ4v) is 4.98. The number of hydrogen-bond acceptors (Lipinski definition) is 3. The minimum absolute atomic E-state index is 0.101. The standard InChI is InChI=1S/C28H29Cl2NO3/c1-18(2)23-17-21(9-12-25(23)33-3)34-27-24(29)11-10-22(26(27)30)28(32)31-15-13-20(14-16-31)19-7-5-4-6-8-19/h4-12,17-18,20H,13-16H2,1-3H3. The number of piperidine rings is 1. The van der Waals surface area contributed by atoms with Gasteiger partial charge in [0.1, 0.15) is 11.5 Å². The van der Waals surface area contributed by atoms with Gasteiger partial charge in [-0.3, -0.25) is 4.79 Å². The SMILES string of the molecule is COc1ccc(Oc2c(Cl)ccc(C(=O)N3CCC(c4ccccc4)CC3)c2Cl)cc1C(C)C. The summed E-state index contributed by atoms with van der Waals surface area (Å²) in [7, 11) is 1.65. The number of nitrogens with zero attached hydrogens (tertiary/aromatic N) is 1. The maximum atomic E-state index is 13.3. The van der Waals surface area contributed by atoms with Gasteiger partial charge in [-0.05, 0) is 60.6 Å². The zero-order valence-corrected chi connectivity index (χ0v) is 21.2. The number of likely N-dealkylation sites (tertiary alicyclic amines) is 1. The Bertz CT molecular complexity index is 1160. The van der Waals surface area contributed by atoms with E-state index in [1.165, 1.54) is 5.56 Å². The number of rotatable bonds is 6. The summed E-state index contributed by atoms with van der Waals surface area (Å²) in [5, 5.41) is 0.579. The van der Waals surface area contributed by atoms with Crippen molar-refractivity contribution in [1.29, 1.82) is 0 Å². The van der Waals surface area contributed by atoms with Crippen LogP contribution >= 0.6 is 23.2 Å². The highest BCUT2D eigenvalue weighted by molar-refractivity contribution is 6.39. The van der Waals surface area contributed by atoms with Crippen LogP contribution < -0.4 is 9.47 Å². The van der Waals surface area contributed by atoms with Crippen LogP contribution in [0.15, 0.2) is 60.7 Å². The number of halogens is 2. The summed E-state index contributed by atoms with van der Waals surface area (Å²) in [4.78, 5) is 15.2. The molecule has 0 radical (unpaired) electrons. The zero-order valence-electron chi connectivity index (χ0n) is 19.7. The number of benzene rings is 3. The first-order valence-electron chi connectivity index (χ1n) is 11.6. The van der Waals surface area contributed by atoms with Crippen LogP contribution in [0.3, 0.4) is 0 Å². The Morgan fingerprint density at radius 2 is 1.71 bits per heavy atom. The van der Waals surface area contributed by atoms with E-state index in [4.69, 9.17) is 32.7 Å². The molecule has 0 aliphatic carbocycles. The van der Waals surface area contributed by atoms with Crippen molar-refractivity contribution in [2.24, 2.45) is 0 Å². The molecule has 1 heterocycles. The van der Waals surface area contributed by atoms with E-state index in [0.29, 0.717) is 35.3 Å². The summed E-state index contributed by atoms with van der Waals surface area (Å²) in [6, 6.07) is 19.4. The molecular formula is C28H29Cl2NO3. The second-order valence-electron chi connectivity index (χ2n) is 8.88. The molecule has 3 aromatic rings. The third-order valence-electron chi connectivity index (χ3n) is 6.38. The van der Waals surface area contributed by atoms with Gasteiger partial charge in [-0.25, -0.2) is 0 Å². The largest absolute Gasteiger partial charge is 0.496 e. The molecule has 1 aliphatic rings. The monoisotopic (exact) mass is 497 g/mol. The first-order valence-corrected chi connectivity index (χ1v) is 12.3. The molecule has 178 valence electrons. The Balaban J connectivity index is 1.53. The summed E-state index contributed by atoms with van der Waals surface area (Å²) in [5.41, 5.74) is 2.74. The van der Waals surface area contributed by atoms with Gasteiger partial charge in [0, 0.05) is 18.7 Å². The van der Waals surface area contributed by atoms with E-state index < -0.39 is 0 Å². The average molecular weight is 498 g/mol. The van der Waals surface area contributed by atoms with E-state index >= 15 is 0 Å². The first-order chi connectivity index (χ1) is 16.4. The van der Waals surface area contributed by atoms with Crippen molar-refractivity contribution in [2.75, 3.05) is 20.2 Å². The van der Waals surface area contributed by atoms with Crippen LogP contribution in [-0.4, -0.2) is 31.0 Å². The lowest BCUT2D eigenvalue weighted by Gasteiger charge is -2.32. The second-order valence-corrected chi connectivity index (χ2v) is 9.66. The highest BCUT2D eigenvalue weighted by Gasteiger charge is 2.27. The van der Waals surface area contributed by atoms with E-state index in [0.717, 1.165) is 24.2 Å². The van der Waals surface area contributed by atoms with E-state index in [1.807, 2.05) is 23.1 Å². The van der Waals surface area contributed by atoms with E-state index in [2.05, 4.69) is 38.1 Å². The van der Waals surface area contributed by atoms with Crippen molar-refractivity contribution >= 4 is 29.1 Å². The van der Waals surface area contributed by atoms with Crippen LogP contribution in [0.5, 0.6) is 17.2 Å². The summed E-state index contributed by atoms with van der Waals surface area (Å²) >= 11 is 13.1. The van der Waals surface area contributed by atoms with Gasteiger partial charge < -0.3 is 14.4 Å². The average Bonchev–Trinajstić information content (AvgIpc) is 2.86. The lowest BCUT2D eigenvalue weighted by Crippen LogP contribution is -2.38. The third-order valence-corrected chi connectivity index (χ3v) is 7.05. The van der Waals surface area contributed by atoms with Gasteiger partial charge in [-0.2, -0.15) is 0 Å². The van der Waals surface area contributed by atoms with Crippen molar-refractivity contribution in [1.82, 2.24) is 4.90 Å². The molecule has 1 aliphatic heterocycles. The minimum atomic E-state index is -0.101. The maximum Gasteiger partial charge on any atom is 0.255 e. The molecule has 0 unspecified atom stereocenters. The van der Waals surface area contributed by atoms with Gasteiger partial charge in [0.2, 0.25) is 0 Å². The van der Waals surface area contributed by atoms with Crippen molar-refractivity contribution in [3.8, 4) is 17.2 Å². The molecule has 0 saturated carbocycles. The Labute approximate surface area is 211 Å². The molecule has 34 heavy (non-hydrogen) atoms. The second kappa shape index (κ2) is 10.7. The molecule has 1 saturated heterocycles. The van der Waals surface area contributed by atoms with Crippen LogP contribution in [0, 0.1) is 0 Å². The van der Waals surface area contributed by atoms with Crippen molar-refractivity contribution < 1.29 is 14.3 Å². The molecule has 4 rings (SSSR count). The third kappa shape index (κ3) is 5.18. The number of hydrogen-bond donors (Lipinski definition) is 0. The summed E-state index contributed by atoms with van der Waals surface area (Å²) in [6.45, 7) is 5.54. The molecule has 0 aromatic heterocycles. The van der Waals surface area contributed by atoms with Crippen molar-refractivity contribution in [3.05, 3.63) is 87.4 Å². The Morgan fingerprint density at radius 3 is 2.35 bits per heavy atom. The Morgan fingerprint density at radius 1 is 1.00 bits per heavy atom. The highest BCUT2D eigenvalue weighted by atomic mass is 35.5. The van der Waals surface area contributed by atoms with Crippen molar-refractivity contribution in [3.63, 3.8) is 0 Å².